The predicted octanol–water partition coefficient (Wildman–Crippen LogP) is 21.5. The van der Waals surface area contributed by atoms with Crippen LogP contribution in [0.5, 0.6) is 0 Å². The van der Waals surface area contributed by atoms with E-state index in [4.69, 9.17) is 0 Å². The zero-order valence-electron chi connectivity index (χ0n) is 45.2. The molecule has 0 atom stereocenters. The minimum absolute atomic E-state index is 0.159. The van der Waals surface area contributed by atoms with Crippen molar-refractivity contribution in [2.45, 2.75) is 50.4 Å². The lowest BCUT2D eigenvalue weighted by atomic mass is 9.76. The van der Waals surface area contributed by atoms with Crippen LogP contribution in [0.2, 0.25) is 0 Å². The molecular formula is C74H50F6N4. The number of fused-ring (bicyclic) bond motifs is 14. The molecule has 1 aliphatic carbocycles. The van der Waals surface area contributed by atoms with Gasteiger partial charge >= 0.3 is 12.4 Å². The second-order valence-electron chi connectivity index (χ2n) is 22.4. The lowest BCUT2D eigenvalue weighted by molar-refractivity contribution is -0.138. The third kappa shape index (κ3) is 7.55. The van der Waals surface area contributed by atoms with Crippen molar-refractivity contribution in [1.29, 1.82) is 0 Å². The van der Waals surface area contributed by atoms with Crippen LogP contribution in [0.1, 0.15) is 54.7 Å². The molecule has 1 aliphatic rings. The van der Waals surface area contributed by atoms with E-state index in [0.717, 1.165) is 159 Å². The normalized spacial score (nSPS) is 13.8. The van der Waals surface area contributed by atoms with Crippen molar-refractivity contribution >= 4 is 87.2 Å². The first-order chi connectivity index (χ1) is 41.0. The smallest absolute Gasteiger partial charge is 0.309 e. The van der Waals surface area contributed by atoms with Crippen LogP contribution in [-0.4, -0.2) is 18.3 Å². The zero-order valence-corrected chi connectivity index (χ0v) is 45.2. The quantitative estimate of drug-likeness (QED) is 0.142. The molecule has 10 heteroatoms. The van der Waals surface area contributed by atoms with E-state index in [1.165, 1.54) is 24.3 Å². The Morgan fingerprint density at radius 3 is 1.06 bits per heavy atom. The van der Waals surface area contributed by atoms with Gasteiger partial charge in [-0.25, -0.2) is 0 Å². The third-order valence-electron chi connectivity index (χ3n) is 17.8. The summed E-state index contributed by atoms with van der Waals surface area (Å²) < 4.78 is 98.3. The van der Waals surface area contributed by atoms with Crippen molar-refractivity contribution in [3.05, 3.63) is 253 Å². The molecule has 4 aromatic heterocycles. The minimum atomic E-state index is -4.61. The summed E-state index contributed by atoms with van der Waals surface area (Å²) in [6.45, 7) is 0. The van der Waals surface area contributed by atoms with Crippen LogP contribution < -0.4 is 0 Å². The number of benzene rings is 11. The predicted molar refractivity (Wildman–Crippen MR) is 331 cm³/mol. The summed E-state index contributed by atoms with van der Waals surface area (Å²) in [5, 5.41) is 8.02. The Morgan fingerprint density at radius 2 is 0.667 bits per heavy atom. The molecule has 15 aromatic rings. The summed E-state index contributed by atoms with van der Waals surface area (Å²) >= 11 is 0. The van der Waals surface area contributed by atoms with Gasteiger partial charge in [-0.1, -0.05) is 165 Å². The zero-order chi connectivity index (χ0) is 56.6. The molecule has 11 aromatic carbocycles. The van der Waals surface area contributed by atoms with Crippen molar-refractivity contribution in [2.75, 3.05) is 0 Å². The molecule has 4 nitrogen and oxygen atoms in total. The molecule has 0 N–H and O–H groups in total. The van der Waals surface area contributed by atoms with Gasteiger partial charge in [0.15, 0.2) is 0 Å². The maximum absolute atomic E-state index is 14.8. The summed E-state index contributed by atoms with van der Waals surface area (Å²) in [5.74, 6) is -0.159. The first-order valence-electron chi connectivity index (χ1n) is 28.6. The van der Waals surface area contributed by atoms with Crippen LogP contribution in [0, 0.1) is 0 Å². The fourth-order valence-corrected chi connectivity index (χ4v) is 14.3. The van der Waals surface area contributed by atoms with Gasteiger partial charge in [-0.2, -0.15) is 26.3 Å². The Labute approximate surface area is 478 Å². The van der Waals surface area contributed by atoms with Gasteiger partial charge in [0.05, 0.1) is 66.6 Å². The van der Waals surface area contributed by atoms with Crippen LogP contribution in [-0.2, 0) is 12.4 Å². The average molecular weight is 1110 g/mol. The molecular weight excluding hydrogens is 1060 g/mol. The summed E-state index contributed by atoms with van der Waals surface area (Å²) in [6.07, 6.45) is -4.91. The average Bonchev–Trinajstić information content (AvgIpc) is 1.81. The van der Waals surface area contributed by atoms with Gasteiger partial charge < -0.3 is 18.3 Å². The van der Waals surface area contributed by atoms with Gasteiger partial charge in [0.25, 0.3) is 0 Å². The van der Waals surface area contributed by atoms with Crippen LogP contribution >= 0.6 is 0 Å². The van der Waals surface area contributed by atoms with Gasteiger partial charge in [-0.05, 0) is 126 Å². The van der Waals surface area contributed by atoms with Gasteiger partial charge in [0, 0.05) is 65.6 Å². The van der Waals surface area contributed by atoms with E-state index in [1.807, 2.05) is 60.7 Å². The molecule has 1 saturated carbocycles. The molecule has 0 aliphatic heterocycles. The summed E-state index contributed by atoms with van der Waals surface area (Å²) in [5.41, 5.74) is 13.0. The highest BCUT2D eigenvalue weighted by Crippen LogP contribution is 2.54. The van der Waals surface area contributed by atoms with E-state index >= 15 is 0 Å². The van der Waals surface area contributed by atoms with Crippen LogP contribution in [0.25, 0.3) is 132 Å². The highest BCUT2D eigenvalue weighted by molar-refractivity contribution is 6.28. The van der Waals surface area contributed by atoms with Crippen LogP contribution in [0.4, 0.5) is 26.3 Å². The van der Waals surface area contributed by atoms with Crippen molar-refractivity contribution in [3.63, 3.8) is 0 Å². The van der Waals surface area contributed by atoms with Crippen molar-refractivity contribution in [3.8, 4) is 45.0 Å². The molecule has 84 heavy (non-hydrogen) atoms. The fraction of sp³-hybridized carbons (Fsp3) is 0.108. The molecule has 1 fully saturated rings. The molecule has 0 spiro atoms. The number of aromatic nitrogens is 4. The van der Waals surface area contributed by atoms with E-state index < -0.39 is 23.5 Å². The number of para-hydroxylation sites is 6. The summed E-state index contributed by atoms with van der Waals surface area (Å²) in [4.78, 5) is 0. The molecule has 4 heterocycles. The van der Waals surface area contributed by atoms with E-state index in [0.29, 0.717) is 11.1 Å². The maximum Gasteiger partial charge on any atom is 0.416 e. The monoisotopic (exact) mass is 1110 g/mol. The van der Waals surface area contributed by atoms with Gasteiger partial charge in [-0.3, -0.25) is 0 Å². The molecule has 0 radical (unpaired) electrons. The standard InChI is InChI=1S/C74H50F6N4/c75-73(76,77)48-36-32-46(33-37-48)66-64(83-58-28-14-10-24-52(58)54-40-42-62-69(71(54)83)56-26-12-16-30-60(56)81(62)50-20-6-2-7-21-50)44-65(67(68(66)45-18-4-1-5-19-45)47-34-38-49(39-35-47)74(78,79)80)84-59-29-15-11-25-53(59)55-41-43-63-70(72(55)84)57-27-13-17-31-61(57)82(63)51-22-8-3-9-23-51/h2-3,6-17,20-45H,1,4-5,18-19H2. The van der Waals surface area contributed by atoms with E-state index in [1.54, 1.807) is 24.3 Å². The lowest BCUT2D eigenvalue weighted by Crippen LogP contribution is -2.14. The number of hydrogen-bond donors (Lipinski definition) is 0. The topological polar surface area (TPSA) is 19.7 Å². The van der Waals surface area contributed by atoms with E-state index in [-0.39, 0.29) is 5.92 Å². The fourth-order valence-electron chi connectivity index (χ4n) is 14.3. The molecule has 0 saturated heterocycles. The molecule has 0 amide bonds. The third-order valence-corrected chi connectivity index (χ3v) is 17.8. The van der Waals surface area contributed by atoms with E-state index in [2.05, 4.69) is 146 Å². The van der Waals surface area contributed by atoms with Crippen LogP contribution in [0.3, 0.4) is 0 Å². The maximum atomic E-state index is 14.8. The van der Waals surface area contributed by atoms with Gasteiger partial charge in [-0.15, -0.1) is 0 Å². The Bertz CT molecular complexity index is 4800. The number of alkyl halides is 6. The second-order valence-corrected chi connectivity index (χ2v) is 22.4. The van der Waals surface area contributed by atoms with Crippen molar-refractivity contribution in [2.24, 2.45) is 0 Å². The minimum Gasteiger partial charge on any atom is -0.309 e. The molecule has 16 rings (SSSR count). The Hall–Kier alpha value is -9.80. The SMILES string of the molecule is FC(F)(F)c1ccc(-c2c(-n3c4ccccc4c4ccc5c(c6ccccc6n5-c5ccccc5)c43)cc(-n3c4ccccc4c4ccc5c(c6ccccc6n5-c5ccccc5)c43)c(-c3ccc(C(F)(F)F)cc3)c2C2CCCCC2)cc1. The molecule has 408 valence electrons. The first-order valence-corrected chi connectivity index (χ1v) is 28.6. The summed E-state index contributed by atoms with van der Waals surface area (Å²) in [7, 11) is 0. The Balaban J connectivity index is 1.16. The highest BCUT2D eigenvalue weighted by Gasteiger charge is 2.36. The largest absolute Gasteiger partial charge is 0.416 e. The Morgan fingerprint density at radius 1 is 0.310 bits per heavy atom. The van der Waals surface area contributed by atoms with Gasteiger partial charge in [0.2, 0.25) is 0 Å². The highest BCUT2D eigenvalue weighted by atomic mass is 19.4. The summed E-state index contributed by atoms with van der Waals surface area (Å²) in [6, 6.07) is 76.2. The van der Waals surface area contributed by atoms with E-state index in [9.17, 15) is 26.3 Å². The van der Waals surface area contributed by atoms with Gasteiger partial charge in [0.1, 0.15) is 0 Å². The Kier molecular flexibility index (Phi) is 11.2. The van der Waals surface area contributed by atoms with Crippen molar-refractivity contribution in [1.82, 2.24) is 18.3 Å². The number of halogens is 6. The lowest BCUT2D eigenvalue weighted by Gasteiger charge is -2.32. The van der Waals surface area contributed by atoms with Crippen LogP contribution in [0.15, 0.2) is 237 Å². The second kappa shape index (κ2) is 18.9. The number of rotatable bonds is 7. The first kappa shape index (κ1) is 50.0. The van der Waals surface area contributed by atoms with Crippen molar-refractivity contribution < 1.29 is 26.3 Å². The molecule has 0 unspecified atom stereocenters. The molecule has 0 bridgehead atoms. The number of hydrogen-bond acceptors (Lipinski definition) is 0. The number of nitrogens with zero attached hydrogens (tertiary/aromatic N) is 4.